The summed E-state index contributed by atoms with van der Waals surface area (Å²) >= 11 is 30.6. The molecule has 0 spiro atoms. The van der Waals surface area contributed by atoms with Crippen molar-refractivity contribution in [3.8, 4) is 0 Å². The summed E-state index contributed by atoms with van der Waals surface area (Å²) in [6.07, 6.45) is 1.83. The Labute approximate surface area is 105 Å². The highest BCUT2D eigenvalue weighted by Crippen LogP contribution is 2.47. The van der Waals surface area contributed by atoms with Gasteiger partial charge < -0.3 is 0 Å². The van der Waals surface area contributed by atoms with Crippen molar-refractivity contribution in [3.63, 3.8) is 0 Å². The maximum atomic E-state index is 5.90. The Morgan fingerprint density at radius 1 is 0.692 bits per heavy atom. The van der Waals surface area contributed by atoms with Crippen LogP contribution in [0.15, 0.2) is 4.90 Å². The minimum Gasteiger partial charge on any atom is -0.126 e. The molecule has 0 aliphatic rings. The van der Waals surface area contributed by atoms with E-state index in [4.69, 9.17) is 58.0 Å². The Hall–Kier alpha value is 1.02. The van der Waals surface area contributed by atoms with Crippen molar-refractivity contribution in [2.24, 2.45) is 0 Å². The van der Waals surface area contributed by atoms with Crippen LogP contribution in [-0.4, -0.2) is 6.26 Å². The second-order valence-corrected chi connectivity index (χ2v) is 4.81. The molecule has 0 heterocycles. The Bertz CT molecular complexity index is 320. The minimum absolute atomic E-state index is 0.191. The monoisotopic (exact) mass is 300 g/mol. The van der Waals surface area contributed by atoms with Crippen LogP contribution < -0.4 is 0 Å². The zero-order valence-corrected chi connectivity index (χ0v) is 10.9. The molecular formula is C7H3Cl5S. The van der Waals surface area contributed by atoms with Crippen LogP contribution in [0, 0.1) is 0 Å². The summed E-state index contributed by atoms with van der Waals surface area (Å²) in [5.74, 6) is 0. The van der Waals surface area contributed by atoms with E-state index in [1.807, 2.05) is 6.26 Å². The maximum Gasteiger partial charge on any atom is 0.0809 e. The molecule has 1 aromatic rings. The highest BCUT2D eigenvalue weighted by atomic mass is 35.5. The molecular weight excluding hydrogens is 299 g/mol. The van der Waals surface area contributed by atoms with Gasteiger partial charge in [0, 0.05) is 4.90 Å². The van der Waals surface area contributed by atoms with Crippen LogP contribution in [0.2, 0.25) is 25.1 Å². The van der Waals surface area contributed by atoms with Gasteiger partial charge in [-0.3, -0.25) is 0 Å². The third-order valence-electron chi connectivity index (χ3n) is 1.37. The first kappa shape index (κ1) is 12.1. The van der Waals surface area contributed by atoms with Crippen LogP contribution in [0.25, 0.3) is 0 Å². The molecule has 72 valence electrons. The summed E-state index contributed by atoms with van der Waals surface area (Å²) in [4.78, 5) is 0.641. The molecule has 0 aromatic heterocycles. The van der Waals surface area contributed by atoms with Crippen molar-refractivity contribution in [2.45, 2.75) is 4.90 Å². The first-order chi connectivity index (χ1) is 6.00. The van der Waals surface area contributed by atoms with Gasteiger partial charge in [0.05, 0.1) is 25.1 Å². The molecule has 0 N–H and O–H groups in total. The summed E-state index contributed by atoms with van der Waals surface area (Å²) in [6.45, 7) is 0. The van der Waals surface area contributed by atoms with Gasteiger partial charge in [0.2, 0.25) is 0 Å². The lowest BCUT2D eigenvalue weighted by Gasteiger charge is -2.09. The van der Waals surface area contributed by atoms with Crippen molar-refractivity contribution in [1.82, 2.24) is 0 Å². The van der Waals surface area contributed by atoms with Crippen LogP contribution in [0.4, 0.5) is 0 Å². The summed E-state index contributed by atoms with van der Waals surface area (Å²) in [7, 11) is 0. The molecule has 0 bridgehead atoms. The van der Waals surface area contributed by atoms with E-state index in [1.165, 1.54) is 11.8 Å². The Balaban J connectivity index is 3.56. The van der Waals surface area contributed by atoms with E-state index in [9.17, 15) is 0 Å². The Morgan fingerprint density at radius 2 is 1.00 bits per heavy atom. The fourth-order valence-electron chi connectivity index (χ4n) is 0.764. The van der Waals surface area contributed by atoms with Crippen LogP contribution in [0.5, 0.6) is 0 Å². The van der Waals surface area contributed by atoms with Crippen LogP contribution in [0.1, 0.15) is 0 Å². The van der Waals surface area contributed by atoms with Crippen molar-refractivity contribution < 1.29 is 0 Å². The van der Waals surface area contributed by atoms with E-state index in [2.05, 4.69) is 0 Å². The van der Waals surface area contributed by atoms with Gasteiger partial charge >= 0.3 is 0 Å². The van der Waals surface area contributed by atoms with Crippen molar-refractivity contribution in [1.29, 1.82) is 0 Å². The predicted molar refractivity (Wildman–Crippen MR) is 63.3 cm³/mol. The molecule has 0 atom stereocenters. The van der Waals surface area contributed by atoms with E-state index in [0.29, 0.717) is 14.9 Å². The first-order valence-corrected chi connectivity index (χ1v) is 6.17. The van der Waals surface area contributed by atoms with Gasteiger partial charge in [0.1, 0.15) is 0 Å². The lowest BCUT2D eigenvalue weighted by atomic mass is 11.3. The maximum absolute atomic E-state index is 5.90. The zero-order valence-electron chi connectivity index (χ0n) is 6.30. The van der Waals surface area contributed by atoms with Crippen molar-refractivity contribution in [2.75, 3.05) is 6.26 Å². The third-order valence-corrected chi connectivity index (χ3v) is 4.69. The van der Waals surface area contributed by atoms with Gasteiger partial charge in [-0.05, 0) is 6.26 Å². The van der Waals surface area contributed by atoms with Crippen LogP contribution >= 0.6 is 69.8 Å². The number of benzene rings is 1. The Morgan fingerprint density at radius 3 is 1.31 bits per heavy atom. The highest BCUT2D eigenvalue weighted by molar-refractivity contribution is 7.98. The fourth-order valence-corrected chi connectivity index (χ4v) is 3.04. The summed E-state index contributed by atoms with van der Waals surface area (Å²) in [5, 5.41) is 1.35. The molecule has 6 heteroatoms. The molecule has 0 aliphatic carbocycles. The molecule has 0 nitrogen and oxygen atoms in total. The summed E-state index contributed by atoms with van der Waals surface area (Å²) < 4.78 is 0. The number of thioether (sulfide) groups is 1. The smallest absolute Gasteiger partial charge is 0.0809 e. The second kappa shape index (κ2) is 4.69. The fraction of sp³-hybridized carbons (Fsp3) is 0.143. The molecule has 13 heavy (non-hydrogen) atoms. The molecule has 0 unspecified atom stereocenters. The largest absolute Gasteiger partial charge is 0.126 e. The SMILES string of the molecule is CS[13c]1[13c](Cl)[13c](Cl)[13c](Cl)[13c](Cl)[13c]1Cl. The van der Waals surface area contributed by atoms with E-state index < -0.39 is 0 Å². The molecule has 1 aromatic carbocycles. The highest BCUT2D eigenvalue weighted by Gasteiger charge is 2.18. The quantitative estimate of drug-likeness (QED) is 0.365. The van der Waals surface area contributed by atoms with Crippen LogP contribution in [0.3, 0.4) is 0 Å². The van der Waals surface area contributed by atoms with Gasteiger partial charge in [-0.2, -0.15) is 0 Å². The summed E-state index contributed by atoms with van der Waals surface area (Å²) in [6, 6.07) is 0. The topological polar surface area (TPSA) is 0 Å². The van der Waals surface area contributed by atoms with E-state index in [1.54, 1.807) is 0 Å². The minimum atomic E-state index is 0.191. The first-order valence-electron chi connectivity index (χ1n) is 3.06. The van der Waals surface area contributed by atoms with E-state index >= 15 is 0 Å². The van der Waals surface area contributed by atoms with Crippen LogP contribution in [-0.2, 0) is 0 Å². The standard InChI is InChI=1S/C7H3Cl5S/c1-13-7-5(11)3(9)2(8)4(10)6(7)12/h1H3/i2+1,3+1,4+1,5+1,6+1,7+1. The Kier molecular flexibility index (Phi) is 4.37. The lowest BCUT2D eigenvalue weighted by Crippen LogP contribution is -1.82. The van der Waals surface area contributed by atoms with Gasteiger partial charge in [0.15, 0.2) is 0 Å². The lowest BCUT2D eigenvalue weighted by molar-refractivity contribution is 1.46. The van der Waals surface area contributed by atoms with E-state index in [0.717, 1.165) is 0 Å². The normalized spacial score (nSPS) is 10.6. The van der Waals surface area contributed by atoms with Gasteiger partial charge in [-0.15, -0.1) is 11.8 Å². The molecule has 0 radical (unpaired) electrons. The average Bonchev–Trinajstić information content (AvgIpc) is 2.13. The zero-order chi connectivity index (χ0) is 10.2. The van der Waals surface area contributed by atoms with Gasteiger partial charge in [-0.1, -0.05) is 58.0 Å². The van der Waals surface area contributed by atoms with Gasteiger partial charge in [-0.25, -0.2) is 0 Å². The van der Waals surface area contributed by atoms with Crippen molar-refractivity contribution in [3.05, 3.63) is 25.1 Å². The third kappa shape index (κ3) is 2.17. The molecule has 1 rings (SSSR count). The predicted octanol–water partition coefficient (Wildman–Crippen LogP) is 5.68. The molecule has 0 amide bonds. The molecule has 0 aliphatic heterocycles. The van der Waals surface area contributed by atoms with E-state index in [-0.39, 0.29) is 15.1 Å². The number of hydrogen-bond acceptors (Lipinski definition) is 1. The molecule has 0 saturated heterocycles. The second-order valence-electron chi connectivity index (χ2n) is 2.10. The average molecular weight is 302 g/mol. The number of hydrogen-bond donors (Lipinski definition) is 0. The number of rotatable bonds is 1. The van der Waals surface area contributed by atoms with Gasteiger partial charge in [0.25, 0.3) is 0 Å². The summed E-state index contributed by atoms with van der Waals surface area (Å²) in [5.41, 5.74) is 0. The molecule has 0 saturated carbocycles. The van der Waals surface area contributed by atoms with Crippen molar-refractivity contribution >= 4 is 69.8 Å². The molecule has 0 fully saturated rings. The number of halogens is 5.